The van der Waals surface area contributed by atoms with Gasteiger partial charge in [-0.05, 0) is 0 Å². The first-order chi connectivity index (χ1) is 3.98. The summed E-state index contributed by atoms with van der Waals surface area (Å²) in [5.74, 6) is -2.37. The molecule has 0 aliphatic heterocycles. The predicted molar refractivity (Wildman–Crippen MR) is 29.4 cm³/mol. The minimum absolute atomic E-state index is 0.582. The zero-order chi connectivity index (χ0) is 7.49. The van der Waals surface area contributed by atoms with Crippen LogP contribution in [0.3, 0.4) is 0 Å². The Morgan fingerprint density at radius 2 is 2.11 bits per heavy atom. The molecule has 0 amide bonds. The fourth-order valence-corrected chi connectivity index (χ4v) is 0.308. The SMILES string of the molecule is COC(C)(O)OC(C)=O. The number of rotatable bonds is 2. The molecule has 0 aromatic heterocycles. The molecule has 1 atom stereocenters. The number of aliphatic hydroxyl groups is 1. The van der Waals surface area contributed by atoms with E-state index in [1.807, 2.05) is 0 Å². The van der Waals surface area contributed by atoms with Crippen molar-refractivity contribution in [1.29, 1.82) is 0 Å². The van der Waals surface area contributed by atoms with E-state index >= 15 is 0 Å². The van der Waals surface area contributed by atoms with Gasteiger partial charge in [0.05, 0.1) is 0 Å². The van der Waals surface area contributed by atoms with Gasteiger partial charge in [-0.15, -0.1) is 0 Å². The van der Waals surface area contributed by atoms with E-state index in [1.165, 1.54) is 21.0 Å². The number of ether oxygens (including phenoxy) is 2. The Hall–Kier alpha value is -0.610. The van der Waals surface area contributed by atoms with Crippen LogP contribution >= 0.6 is 0 Å². The van der Waals surface area contributed by atoms with E-state index in [2.05, 4.69) is 9.47 Å². The third kappa shape index (κ3) is 3.93. The van der Waals surface area contributed by atoms with Crippen molar-refractivity contribution in [2.75, 3.05) is 7.11 Å². The molecule has 0 spiro atoms. The van der Waals surface area contributed by atoms with Gasteiger partial charge >= 0.3 is 11.9 Å². The summed E-state index contributed by atoms with van der Waals surface area (Å²) in [5.41, 5.74) is 0. The number of hydrogen-bond acceptors (Lipinski definition) is 4. The molecule has 0 radical (unpaired) electrons. The molecule has 4 nitrogen and oxygen atoms in total. The van der Waals surface area contributed by atoms with E-state index in [4.69, 9.17) is 5.11 Å². The normalized spacial score (nSPS) is 16.4. The Morgan fingerprint density at radius 3 is 2.22 bits per heavy atom. The second kappa shape index (κ2) is 2.80. The molecule has 0 fully saturated rings. The van der Waals surface area contributed by atoms with Gasteiger partial charge in [-0.1, -0.05) is 0 Å². The van der Waals surface area contributed by atoms with Crippen LogP contribution in [0.15, 0.2) is 0 Å². The standard InChI is InChI=1S/C5H10O4/c1-4(6)9-5(2,7)8-3/h7H,1-3H3. The van der Waals surface area contributed by atoms with Gasteiger partial charge in [-0.25, -0.2) is 0 Å². The van der Waals surface area contributed by atoms with Gasteiger partial charge in [0.2, 0.25) is 0 Å². The Labute approximate surface area is 53.4 Å². The molecule has 0 saturated heterocycles. The predicted octanol–water partition coefficient (Wildman–Crippen LogP) is -0.138. The number of hydrogen-bond donors (Lipinski definition) is 1. The van der Waals surface area contributed by atoms with Crippen LogP contribution in [0, 0.1) is 0 Å². The number of esters is 1. The van der Waals surface area contributed by atoms with Gasteiger partial charge in [-0.2, -0.15) is 0 Å². The molecule has 0 aliphatic rings. The van der Waals surface area contributed by atoms with Crippen molar-refractivity contribution in [2.45, 2.75) is 19.8 Å². The first-order valence-electron chi connectivity index (χ1n) is 2.45. The van der Waals surface area contributed by atoms with Gasteiger partial charge < -0.3 is 14.6 Å². The molecule has 0 bridgehead atoms. The zero-order valence-electron chi connectivity index (χ0n) is 5.67. The Balaban J connectivity index is 3.71. The first kappa shape index (κ1) is 8.39. The molecule has 9 heavy (non-hydrogen) atoms. The van der Waals surface area contributed by atoms with E-state index in [0.717, 1.165) is 0 Å². The molecule has 1 N–H and O–H groups in total. The van der Waals surface area contributed by atoms with Crippen LogP contribution in [0.5, 0.6) is 0 Å². The van der Waals surface area contributed by atoms with Crippen molar-refractivity contribution < 1.29 is 19.4 Å². The average Bonchev–Trinajstić information content (AvgIpc) is 1.63. The van der Waals surface area contributed by atoms with Crippen molar-refractivity contribution in [1.82, 2.24) is 0 Å². The molecule has 4 heteroatoms. The lowest BCUT2D eigenvalue weighted by Crippen LogP contribution is -2.32. The Bertz CT molecular complexity index is 108. The van der Waals surface area contributed by atoms with Gasteiger partial charge in [0.25, 0.3) is 0 Å². The highest BCUT2D eigenvalue weighted by Gasteiger charge is 2.21. The quantitative estimate of drug-likeness (QED) is 0.422. The molecule has 0 aromatic carbocycles. The van der Waals surface area contributed by atoms with Crippen LogP contribution in [0.1, 0.15) is 13.8 Å². The summed E-state index contributed by atoms with van der Waals surface area (Å²) in [6.45, 7) is 2.42. The third-order valence-corrected chi connectivity index (χ3v) is 0.712. The second-order valence-electron chi connectivity index (χ2n) is 1.70. The fourth-order valence-electron chi connectivity index (χ4n) is 0.308. The number of carbonyl (C=O) groups excluding carboxylic acids is 1. The summed E-state index contributed by atoms with van der Waals surface area (Å²) < 4.78 is 8.64. The van der Waals surface area contributed by atoms with E-state index in [1.54, 1.807) is 0 Å². The molecule has 0 rings (SSSR count). The zero-order valence-corrected chi connectivity index (χ0v) is 5.67. The fraction of sp³-hybridized carbons (Fsp3) is 0.800. The molecule has 0 heterocycles. The summed E-state index contributed by atoms with van der Waals surface area (Å²) in [5, 5.41) is 8.83. The smallest absolute Gasteiger partial charge is 0.323 e. The number of methoxy groups -OCH3 is 1. The van der Waals surface area contributed by atoms with Crippen molar-refractivity contribution in [3.8, 4) is 0 Å². The van der Waals surface area contributed by atoms with Crippen molar-refractivity contribution in [3.05, 3.63) is 0 Å². The Morgan fingerprint density at radius 1 is 1.67 bits per heavy atom. The lowest BCUT2D eigenvalue weighted by atomic mass is 10.6. The summed E-state index contributed by atoms with van der Waals surface area (Å²) in [7, 11) is 1.24. The van der Waals surface area contributed by atoms with E-state index in [9.17, 15) is 4.79 Å². The maximum Gasteiger partial charge on any atom is 0.323 e. The molecular weight excluding hydrogens is 124 g/mol. The van der Waals surface area contributed by atoms with Crippen LogP contribution in [0.4, 0.5) is 0 Å². The molecule has 0 aromatic rings. The summed E-state index contributed by atoms with van der Waals surface area (Å²) in [6, 6.07) is 0. The molecule has 0 aliphatic carbocycles. The van der Waals surface area contributed by atoms with E-state index in [0.29, 0.717) is 0 Å². The van der Waals surface area contributed by atoms with E-state index < -0.39 is 11.9 Å². The first-order valence-corrected chi connectivity index (χ1v) is 2.45. The number of carbonyl (C=O) groups is 1. The molecule has 54 valence electrons. The second-order valence-corrected chi connectivity index (χ2v) is 1.70. The Kier molecular flexibility index (Phi) is 2.61. The van der Waals surface area contributed by atoms with Crippen molar-refractivity contribution in [2.24, 2.45) is 0 Å². The molecule has 0 saturated carbocycles. The minimum Gasteiger partial charge on any atom is -0.408 e. The van der Waals surface area contributed by atoms with E-state index in [-0.39, 0.29) is 0 Å². The van der Waals surface area contributed by atoms with Crippen molar-refractivity contribution >= 4 is 5.97 Å². The lowest BCUT2D eigenvalue weighted by Gasteiger charge is -2.19. The highest BCUT2D eigenvalue weighted by atomic mass is 16.8. The molecule has 1 unspecified atom stereocenters. The topological polar surface area (TPSA) is 55.8 Å². The van der Waals surface area contributed by atoms with Crippen molar-refractivity contribution in [3.63, 3.8) is 0 Å². The monoisotopic (exact) mass is 134 g/mol. The van der Waals surface area contributed by atoms with Crippen LogP contribution < -0.4 is 0 Å². The van der Waals surface area contributed by atoms with Crippen LogP contribution in [0.25, 0.3) is 0 Å². The van der Waals surface area contributed by atoms with Gasteiger partial charge in [0, 0.05) is 21.0 Å². The highest BCUT2D eigenvalue weighted by molar-refractivity contribution is 5.66. The largest absolute Gasteiger partial charge is 0.408 e. The summed E-state index contributed by atoms with van der Waals surface area (Å²) in [6.07, 6.45) is 0. The lowest BCUT2D eigenvalue weighted by molar-refractivity contribution is -0.319. The minimum atomic E-state index is -1.79. The van der Waals surface area contributed by atoms with Gasteiger partial charge in [-0.3, -0.25) is 4.79 Å². The van der Waals surface area contributed by atoms with Gasteiger partial charge in [0.15, 0.2) is 0 Å². The van der Waals surface area contributed by atoms with Crippen LogP contribution in [-0.2, 0) is 14.3 Å². The maximum atomic E-state index is 10.2. The van der Waals surface area contributed by atoms with Crippen LogP contribution in [0.2, 0.25) is 0 Å². The van der Waals surface area contributed by atoms with Gasteiger partial charge in [0.1, 0.15) is 0 Å². The average molecular weight is 134 g/mol. The maximum absolute atomic E-state index is 10.2. The molecular formula is C5H10O4. The summed E-state index contributed by atoms with van der Waals surface area (Å²) >= 11 is 0. The third-order valence-electron chi connectivity index (χ3n) is 0.712. The highest BCUT2D eigenvalue weighted by Crippen LogP contribution is 2.04. The van der Waals surface area contributed by atoms with Crippen LogP contribution in [-0.4, -0.2) is 24.2 Å². The summed E-state index contributed by atoms with van der Waals surface area (Å²) in [4.78, 5) is 10.2.